The Morgan fingerprint density at radius 3 is 2.62 bits per heavy atom. The molecule has 16 heavy (non-hydrogen) atoms. The lowest BCUT2D eigenvalue weighted by molar-refractivity contribution is 0.167. The number of rotatable bonds is 7. The lowest BCUT2D eigenvalue weighted by Gasteiger charge is -2.35. The van der Waals surface area contributed by atoms with Crippen LogP contribution in [0, 0.1) is 17.8 Å². The molecule has 1 fully saturated rings. The molecule has 3 atom stereocenters. The summed E-state index contributed by atoms with van der Waals surface area (Å²) < 4.78 is 0. The Kier molecular flexibility index (Phi) is 7.55. The highest BCUT2D eigenvalue weighted by Gasteiger charge is 2.28. The highest BCUT2D eigenvalue weighted by Crippen LogP contribution is 2.38. The van der Waals surface area contributed by atoms with E-state index in [-0.39, 0.29) is 0 Å². The van der Waals surface area contributed by atoms with E-state index in [0.29, 0.717) is 0 Å². The van der Waals surface area contributed by atoms with Gasteiger partial charge >= 0.3 is 0 Å². The topological polar surface area (TPSA) is 26.0 Å². The summed E-state index contributed by atoms with van der Waals surface area (Å²) in [7, 11) is 0. The minimum Gasteiger partial charge on any atom is -0.330 e. The fourth-order valence-corrected chi connectivity index (χ4v) is 3.70. The molecule has 0 aromatic heterocycles. The predicted molar refractivity (Wildman–Crippen MR) is 75.9 cm³/mol. The van der Waals surface area contributed by atoms with E-state index in [1.54, 1.807) is 0 Å². The molecule has 1 aliphatic rings. The van der Waals surface area contributed by atoms with Crippen LogP contribution in [-0.4, -0.2) is 18.6 Å². The highest BCUT2D eigenvalue weighted by atomic mass is 32.2. The number of hydrogen-bond donors (Lipinski definition) is 1. The predicted octanol–water partition coefficient (Wildman–Crippen LogP) is 3.92. The molecule has 1 aliphatic carbocycles. The van der Waals surface area contributed by atoms with Crippen molar-refractivity contribution >= 4 is 11.8 Å². The van der Waals surface area contributed by atoms with Crippen LogP contribution in [0.5, 0.6) is 0 Å². The van der Waals surface area contributed by atoms with Gasteiger partial charge in [0.1, 0.15) is 0 Å². The molecule has 0 amide bonds. The standard InChI is InChI=1S/C14H29NS/c1-3-5-12-7-8-14(11-15)13(10-12)6-4-9-16-2/h12-14H,3-11,15H2,1-2H3. The van der Waals surface area contributed by atoms with Crippen LogP contribution in [0.4, 0.5) is 0 Å². The quantitative estimate of drug-likeness (QED) is 0.686. The summed E-state index contributed by atoms with van der Waals surface area (Å²) in [4.78, 5) is 0. The Hall–Kier alpha value is 0.310. The smallest absolute Gasteiger partial charge is 0.00462 e. The molecule has 1 nitrogen and oxygen atoms in total. The molecule has 0 spiro atoms. The van der Waals surface area contributed by atoms with E-state index in [2.05, 4.69) is 13.2 Å². The molecule has 0 aliphatic heterocycles. The first-order valence-corrected chi connectivity index (χ1v) is 8.40. The highest BCUT2D eigenvalue weighted by molar-refractivity contribution is 7.98. The average molecular weight is 243 g/mol. The van der Waals surface area contributed by atoms with E-state index < -0.39 is 0 Å². The lowest BCUT2D eigenvalue weighted by atomic mass is 9.71. The van der Waals surface area contributed by atoms with Gasteiger partial charge in [-0.2, -0.15) is 11.8 Å². The molecule has 0 saturated heterocycles. The number of nitrogens with two attached hydrogens (primary N) is 1. The third-order valence-electron chi connectivity index (χ3n) is 4.17. The van der Waals surface area contributed by atoms with Gasteiger partial charge in [-0.15, -0.1) is 0 Å². The van der Waals surface area contributed by atoms with Crippen LogP contribution in [0.25, 0.3) is 0 Å². The van der Waals surface area contributed by atoms with Crippen molar-refractivity contribution < 1.29 is 0 Å². The molecule has 0 aromatic carbocycles. The molecule has 96 valence electrons. The normalized spacial score (nSPS) is 30.6. The minimum atomic E-state index is 0.829. The van der Waals surface area contributed by atoms with Crippen LogP contribution < -0.4 is 5.73 Å². The second-order valence-electron chi connectivity index (χ2n) is 5.36. The zero-order chi connectivity index (χ0) is 11.8. The Labute approximate surface area is 106 Å². The van der Waals surface area contributed by atoms with E-state index in [1.807, 2.05) is 11.8 Å². The summed E-state index contributed by atoms with van der Waals surface area (Å²) >= 11 is 1.98. The Bertz CT molecular complexity index is 172. The lowest BCUT2D eigenvalue weighted by Crippen LogP contribution is -2.30. The van der Waals surface area contributed by atoms with E-state index in [9.17, 15) is 0 Å². The Morgan fingerprint density at radius 2 is 2.00 bits per heavy atom. The van der Waals surface area contributed by atoms with Crippen molar-refractivity contribution in [1.82, 2.24) is 0 Å². The van der Waals surface area contributed by atoms with Crippen LogP contribution in [0.3, 0.4) is 0 Å². The summed E-state index contributed by atoms with van der Waals surface area (Å²) in [6, 6.07) is 0. The minimum absolute atomic E-state index is 0.829. The maximum atomic E-state index is 5.91. The van der Waals surface area contributed by atoms with Gasteiger partial charge in [-0.3, -0.25) is 0 Å². The summed E-state index contributed by atoms with van der Waals surface area (Å²) in [5.74, 6) is 4.09. The Morgan fingerprint density at radius 1 is 1.19 bits per heavy atom. The van der Waals surface area contributed by atoms with Gasteiger partial charge in [0.05, 0.1) is 0 Å². The summed E-state index contributed by atoms with van der Waals surface area (Å²) in [6.45, 7) is 3.24. The first-order valence-electron chi connectivity index (χ1n) is 7.00. The molecule has 0 radical (unpaired) electrons. The maximum absolute atomic E-state index is 5.91. The van der Waals surface area contributed by atoms with Crippen LogP contribution in [-0.2, 0) is 0 Å². The largest absolute Gasteiger partial charge is 0.330 e. The van der Waals surface area contributed by atoms with Gasteiger partial charge in [0, 0.05) is 0 Å². The van der Waals surface area contributed by atoms with Crippen LogP contribution in [0.15, 0.2) is 0 Å². The molecule has 1 rings (SSSR count). The van der Waals surface area contributed by atoms with Crippen molar-refractivity contribution in [2.75, 3.05) is 18.6 Å². The number of thioether (sulfide) groups is 1. The molecule has 0 bridgehead atoms. The summed E-state index contributed by atoms with van der Waals surface area (Å²) in [5, 5.41) is 0. The zero-order valence-corrected chi connectivity index (χ0v) is 11.9. The van der Waals surface area contributed by atoms with Crippen molar-refractivity contribution in [3.05, 3.63) is 0 Å². The molecule has 3 unspecified atom stereocenters. The molecule has 0 heterocycles. The van der Waals surface area contributed by atoms with Gasteiger partial charge in [0.25, 0.3) is 0 Å². The first-order chi connectivity index (χ1) is 7.81. The molecule has 1 saturated carbocycles. The van der Waals surface area contributed by atoms with Gasteiger partial charge in [-0.25, -0.2) is 0 Å². The maximum Gasteiger partial charge on any atom is -0.00462 e. The van der Waals surface area contributed by atoms with Gasteiger partial charge in [-0.05, 0) is 62.0 Å². The Balaban J connectivity index is 2.34. The second-order valence-corrected chi connectivity index (χ2v) is 6.34. The van der Waals surface area contributed by atoms with Gasteiger partial charge in [-0.1, -0.05) is 26.2 Å². The molecular weight excluding hydrogens is 214 g/mol. The molecule has 2 N–H and O–H groups in total. The molecule has 0 aromatic rings. The monoisotopic (exact) mass is 243 g/mol. The van der Waals surface area contributed by atoms with Gasteiger partial charge in [0.2, 0.25) is 0 Å². The third-order valence-corrected chi connectivity index (χ3v) is 4.87. The van der Waals surface area contributed by atoms with Crippen molar-refractivity contribution in [1.29, 1.82) is 0 Å². The van der Waals surface area contributed by atoms with Crippen molar-refractivity contribution in [3.8, 4) is 0 Å². The SMILES string of the molecule is CCCC1CCC(CN)C(CCCSC)C1. The van der Waals surface area contributed by atoms with Crippen LogP contribution >= 0.6 is 11.8 Å². The van der Waals surface area contributed by atoms with E-state index in [0.717, 1.165) is 24.3 Å². The van der Waals surface area contributed by atoms with Gasteiger partial charge < -0.3 is 5.73 Å². The van der Waals surface area contributed by atoms with Gasteiger partial charge in [0.15, 0.2) is 0 Å². The van der Waals surface area contributed by atoms with E-state index in [1.165, 1.54) is 50.7 Å². The summed E-state index contributed by atoms with van der Waals surface area (Å²) in [6.07, 6.45) is 12.1. The zero-order valence-electron chi connectivity index (χ0n) is 11.1. The molecular formula is C14H29NS. The van der Waals surface area contributed by atoms with E-state index in [4.69, 9.17) is 5.73 Å². The van der Waals surface area contributed by atoms with Crippen LogP contribution in [0.2, 0.25) is 0 Å². The van der Waals surface area contributed by atoms with Crippen molar-refractivity contribution in [2.45, 2.75) is 51.9 Å². The van der Waals surface area contributed by atoms with E-state index >= 15 is 0 Å². The van der Waals surface area contributed by atoms with Crippen molar-refractivity contribution in [3.63, 3.8) is 0 Å². The third kappa shape index (κ3) is 4.67. The average Bonchev–Trinajstić information content (AvgIpc) is 2.30. The fraction of sp³-hybridized carbons (Fsp3) is 1.00. The number of hydrogen-bond acceptors (Lipinski definition) is 2. The van der Waals surface area contributed by atoms with Crippen molar-refractivity contribution in [2.24, 2.45) is 23.5 Å². The fourth-order valence-electron chi connectivity index (χ4n) is 3.25. The second kappa shape index (κ2) is 8.41. The first kappa shape index (κ1) is 14.4. The van der Waals surface area contributed by atoms with Crippen LogP contribution in [0.1, 0.15) is 51.9 Å². The molecule has 2 heteroatoms. The summed E-state index contributed by atoms with van der Waals surface area (Å²) in [5.41, 5.74) is 5.91.